The standard InChI is InChI=1S/C28H26N8O5S/c1-41-34-20(17-9-5-11-19(29)30-17)25(37)32-21-26(38)36-22(28(39)40)16(14-42-27(21)36)13-35-12-6-10-18-24(35)33-23(31-18)15-7-3-2-4-8-15/h2-3,5-7,9-12,21,27H,4,8,13-14H2,1H3,(H4,29,30,32,37,39,40)/t21?,27-/m1/s1. The summed E-state index contributed by atoms with van der Waals surface area (Å²) in [4.78, 5) is 56.9. The number of pyridine rings is 2. The second kappa shape index (κ2) is 11.1. The van der Waals surface area contributed by atoms with E-state index in [2.05, 4.69) is 26.5 Å². The fraction of sp³-hybridized carbons (Fsp3) is 0.250. The van der Waals surface area contributed by atoms with E-state index in [0.29, 0.717) is 17.0 Å². The molecule has 13 nitrogen and oxygen atoms in total. The van der Waals surface area contributed by atoms with Gasteiger partial charge in [0.25, 0.3) is 11.8 Å². The van der Waals surface area contributed by atoms with Gasteiger partial charge in [0, 0.05) is 16.9 Å². The molecule has 6 rings (SSSR count). The van der Waals surface area contributed by atoms with Gasteiger partial charge < -0.3 is 30.8 Å². The number of carbonyl (C=O) groups excluding carboxylic acids is 3. The molecule has 2 amide bonds. The first kappa shape index (κ1) is 27.2. The Morgan fingerprint density at radius 3 is 2.90 bits per heavy atom. The molecule has 2 aliphatic heterocycles. The Morgan fingerprint density at radius 1 is 1.31 bits per heavy atom. The maximum absolute atomic E-state index is 13.2. The van der Waals surface area contributed by atoms with Crippen LogP contribution >= 0.6 is 11.8 Å². The molecule has 0 bridgehead atoms. The van der Waals surface area contributed by atoms with Gasteiger partial charge in [0.1, 0.15) is 42.1 Å². The highest BCUT2D eigenvalue weighted by molar-refractivity contribution is 8.00. The van der Waals surface area contributed by atoms with E-state index < -0.39 is 29.2 Å². The largest absolute Gasteiger partial charge is 0.543 e. The van der Waals surface area contributed by atoms with Gasteiger partial charge in [-0.3, -0.25) is 14.5 Å². The minimum absolute atomic E-state index is 0.163. The highest BCUT2D eigenvalue weighted by atomic mass is 32.2. The van der Waals surface area contributed by atoms with Gasteiger partial charge in [-0.05, 0) is 42.1 Å². The average Bonchev–Trinajstić information content (AvgIpc) is 3.44. The number of carboxylic acid groups (broad SMARTS) is 1. The fourth-order valence-corrected chi connectivity index (χ4v) is 6.53. The first-order valence-electron chi connectivity index (χ1n) is 13.1. The van der Waals surface area contributed by atoms with Gasteiger partial charge in [-0.25, -0.2) is 9.55 Å². The molecular weight excluding hydrogens is 560 g/mol. The van der Waals surface area contributed by atoms with Gasteiger partial charge in [0.05, 0.1) is 17.9 Å². The van der Waals surface area contributed by atoms with Crippen LogP contribution in [0.1, 0.15) is 24.4 Å². The smallest absolute Gasteiger partial charge is 0.349 e. The Balaban J connectivity index is 1.24. The summed E-state index contributed by atoms with van der Waals surface area (Å²) in [5.74, 6) is -1.50. The quantitative estimate of drug-likeness (QED) is 0.142. The van der Waals surface area contributed by atoms with Crippen LogP contribution in [-0.4, -0.2) is 67.6 Å². The van der Waals surface area contributed by atoms with E-state index in [1.54, 1.807) is 12.1 Å². The molecule has 3 aromatic rings. The van der Waals surface area contributed by atoms with Crippen molar-refractivity contribution in [1.29, 1.82) is 0 Å². The molecule has 14 heteroatoms. The summed E-state index contributed by atoms with van der Waals surface area (Å²) in [5.41, 5.74) is 8.61. The summed E-state index contributed by atoms with van der Waals surface area (Å²) in [6.45, 7) is 0.191. The molecule has 5 heterocycles. The number of nitrogens with one attached hydrogen (secondary N) is 2. The van der Waals surface area contributed by atoms with E-state index in [0.717, 1.165) is 29.8 Å². The first-order valence-corrected chi connectivity index (χ1v) is 14.2. The lowest BCUT2D eigenvalue weighted by Gasteiger charge is -2.50. The Bertz CT molecular complexity index is 1740. The molecule has 3 aliphatic rings. The number of carbonyl (C=O) groups is 3. The molecular formula is C28H26N8O5S. The molecule has 0 aromatic carbocycles. The SMILES string of the molecule is CON=C(C(=O)NC1C(=O)N2C(C(=O)[O-])=C(C[n+]3cccc4[nH]c(C5=CC=CCC5)nc43)CS[C@H]12)c1cccc(N)n1. The van der Waals surface area contributed by atoms with Crippen molar-refractivity contribution in [3.8, 4) is 0 Å². The molecule has 1 fully saturated rings. The van der Waals surface area contributed by atoms with Gasteiger partial charge in [0.15, 0.2) is 5.71 Å². The van der Waals surface area contributed by atoms with Crippen molar-refractivity contribution in [3.63, 3.8) is 0 Å². The molecule has 0 saturated carbocycles. The Labute approximate surface area is 243 Å². The fourth-order valence-electron chi connectivity index (χ4n) is 5.19. The number of aromatic amines is 1. The average molecular weight is 587 g/mol. The maximum atomic E-state index is 13.2. The van der Waals surface area contributed by atoms with Gasteiger partial charge in [-0.15, -0.1) is 11.8 Å². The van der Waals surface area contributed by atoms with Crippen LogP contribution in [0.4, 0.5) is 5.82 Å². The van der Waals surface area contributed by atoms with Crippen molar-refractivity contribution in [1.82, 2.24) is 25.2 Å². The van der Waals surface area contributed by atoms with E-state index in [9.17, 15) is 19.5 Å². The second-order valence-electron chi connectivity index (χ2n) is 9.79. The van der Waals surface area contributed by atoms with Crippen molar-refractivity contribution in [2.24, 2.45) is 5.16 Å². The number of oxime groups is 1. The number of anilines is 1. The number of hydrogen-bond donors (Lipinski definition) is 3. The van der Waals surface area contributed by atoms with Crippen molar-refractivity contribution < 1.29 is 28.9 Å². The minimum atomic E-state index is -1.46. The second-order valence-corrected chi connectivity index (χ2v) is 10.9. The van der Waals surface area contributed by atoms with Gasteiger partial charge in [-0.2, -0.15) is 0 Å². The summed E-state index contributed by atoms with van der Waals surface area (Å²) >= 11 is 1.35. The molecule has 0 radical (unpaired) electrons. The summed E-state index contributed by atoms with van der Waals surface area (Å²) in [7, 11) is 1.28. The molecule has 214 valence electrons. The number of hydrogen-bond acceptors (Lipinski definition) is 10. The molecule has 2 atom stereocenters. The summed E-state index contributed by atoms with van der Waals surface area (Å²) in [6, 6.07) is 7.47. The molecule has 3 aromatic heterocycles. The monoisotopic (exact) mass is 586 g/mol. The van der Waals surface area contributed by atoms with Crippen LogP contribution in [0.25, 0.3) is 16.7 Å². The first-order chi connectivity index (χ1) is 20.4. The van der Waals surface area contributed by atoms with Crippen molar-refractivity contribution in [3.05, 3.63) is 77.5 Å². The van der Waals surface area contributed by atoms with Crippen LogP contribution in [0, 0.1) is 0 Å². The maximum Gasteiger partial charge on any atom is 0.349 e. The van der Waals surface area contributed by atoms with Crippen molar-refractivity contribution >= 4 is 57.8 Å². The Hall–Kier alpha value is -4.98. The van der Waals surface area contributed by atoms with Gasteiger partial charge in [0.2, 0.25) is 5.82 Å². The lowest BCUT2D eigenvalue weighted by Crippen LogP contribution is -2.71. The molecule has 1 aliphatic carbocycles. The molecule has 42 heavy (non-hydrogen) atoms. The van der Waals surface area contributed by atoms with Crippen LogP contribution in [0.15, 0.2) is 71.2 Å². The number of aliphatic carboxylic acids is 1. The lowest BCUT2D eigenvalue weighted by atomic mass is 10.0. The number of fused-ring (bicyclic) bond motifs is 2. The zero-order chi connectivity index (χ0) is 29.4. The van der Waals surface area contributed by atoms with Crippen molar-refractivity contribution in [2.75, 3.05) is 18.6 Å². The number of H-pyrrole nitrogens is 1. The normalized spacial score (nSPS) is 20.2. The number of thioether (sulfide) groups is 1. The van der Waals surface area contributed by atoms with Crippen LogP contribution in [0.3, 0.4) is 0 Å². The number of nitrogens with zero attached hydrogens (tertiary/aromatic N) is 5. The molecule has 1 saturated heterocycles. The third-order valence-electron chi connectivity index (χ3n) is 7.13. The van der Waals surface area contributed by atoms with E-state index in [-0.39, 0.29) is 29.5 Å². The predicted molar refractivity (Wildman–Crippen MR) is 152 cm³/mol. The van der Waals surface area contributed by atoms with Crippen LogP contribution < -0.4 is 20.7 Å². The summed E-state index contributed by atoms with van der Waals surface area (Å²) in [5, 5.41) is 18.1. The lowest BCUT2D eigenvalue weighted by molar-refractivity contribution is -0.664. The van der Waals surface area contributed by atoms with E-state index in [1.807, 2.05) is 35.0 Å². The number of allylic oxidation sites excluding steroid dienone is 4. The third kappa shape index (κ3) is 4.89. The van der Waals surface area contributed by atoms with Crippen molar-refractivity contribution in [2.45, 2.75) is 30.8 Å². The van der Waals surface area contributed by atoms with Crippen LogP contribution in [0.2, 0.25) is 0 Å². The van der Waals surface area contributed by atoms with E-state index >= 15 is 0 Å². The van der Waals surface area contributed by atoms with Crippen LogP contribution in [-0.2, 0) is 25.8 Å². The number of imidazole rings is 1. The number of carboxylic acids is 1. The number of nitrogen functional groups attached to an aromatic ring is 1. The Kier molecular flexibility index (Phi) is 7.20. The topological polar surface area (TPSA) is 183 Å². The molecule has 1 unspecified atom stereocenters. The Morgan fingerprint density at radius 2 is 2.17 bits per heavy atom. The molecule has 0 spiro atoms. The van der Waals surface area contributed by atoms with E-state index in [1.165, 1.54) is 29.8 Å². The number of aromatic nitrogens is 4. The van der Waals surface area contributed by atoms with Gasteiger partial charge >= 0.3 is 5.65 Å². The third-order valence-corrected chi connectivity index (χ3v) is 8.47. The van der Waals surface area contributed by atoms with E-state index in [4.69, 9.17) is 15.6 Å². The van der Waals surface area contributed by atoms with Gasteiger partial charge in [-0.1, -0.05) is 29.5 Å². The number of amides is 2. The number of rotatable bonds is 8. The summed E-state index contributed by atoms with van der Waals surface area (Å²) < 4.78 is 1.85. The number of β-lactam (4-membered cyclic amide) rings is 1. The minimum Gasteiger partial charge on any atom is -0.543 e. The summed E-state index contributed by atoms with van der Waals surface area (Å²) in [6.07, 6.45) is 9.77. The highest BCUT2D eigenvalue weighted by Gasteiger charge is 2.53. The zero-order valence-electron chi connectivity index (χ0n) is 22.4. The number of nitrogens with two attached hydrogens (primary N) is 1. The zero-order valence-corrected chi connectivity index (χ0v) is 23.3. The predicted octanol–water partition coefficient (Wildman–Crippen LogP) is 0.0156. The highest BCUT2D eigenvalue weighted by Crippen LogP contribution is 2.40. The van der Waals surface area contributed by atoms with Crippen LogP contribution in [0.5, 0.6) is 0 Å². The molecule has 4 N–H and O–H groups in total.